The van der Waals surface area contributed by atoms with E-state index in [1.165, 1.54) is 21.4 Å². The lowest BCUT2D eigenvalue weighted by molar-refractivity contribution is -0.135. The summed E-state index contributed by atoms with van der Waals surface area (Å²) in [7, 11) is 0. The van der Waals surface area contributed by atoms with Gasteiger partial charge >= 0.3 is 0 Å². The van der Waals surface area contributed by atoms with Crippen molar-refractivity contribution < 1.29 is 9.53 Å². The van der Waals surface area contributed by atoms with Gasteiger partial charge < -0.3 is 9.64 Å². The maximum atomic E-state index is 12.7. The molecule has 174 valence electrons. The number of nitrogens with zero attached hydrogens (tertiary/aromatic N) is 5. The van der Waals surface area contributed by atoms with Gasteiger partial charge in [-0.3, -0.25) is 14.5 Å². The van der Waals surface area contributed by atoms with Crippen molar-refractivity contribution in [1.29, 1.82) is 0 Å². The third-order valence-corrected chi connectivity index (χ3v) is 6.77. The van der Waals surface area contributed by atoms with Crippen LogP contribution in [0.5, 0.6) is 5.75 Å². The van der Waals surface area contributed by atoms with Gasteiger partial charge in [-0.1, -0.05) is 59.4 Å². The van der Waals surface area contributed by atoms with E-state index >= 15 is 0 Å². The number of ether oxygens (including phenoxy) is 1. The summed E-state index contributed by atoms with van der Waals surface area (Å²) in [6, 6.07) is 19.0. The molecule has 0 aliphatic carbocycles. The zero-order chi connectivity index (χ0) is 23.5. The Balaban J connectivity index is 1.20. The number of carbonyl (C=O) groups excluding carboxylic acids is 1. The van der Waals surface area contributed by atoms with Crippen molar-refractivity contribution in [3.8, 4) is 16.3 Å². The molecule has 0 unspecified atom stereocenters. The molecular weight excluding hydrogens is 450 g/mol. The van der Waals surface area contributed by atoms with E-state index in [1.807, 2.05) is 66.4 Å². The lowest BCUT2D eigenvalue weighted by Crippen LogP contribution is -2.49. The first kappa shape index (κ1) is 22.2. The highest BCUT2D eigenvalue weighted by molar-refractivity contribution is 7.19. The van der Waals surface area contributed by atoms with Crippen molar-refractivity contribution in [2.24, 2.45) is 0 Å². The van der Waals surface area contributed by atoms with Gasteiger partial charge in [0.2, 0.25) is 4.96 Å². The molecule has 1 aliphatic rings. The number of carbonyl (C=O) groups is 1. The molecule has 2 aromatic heterocycles. The zero-order valence-electron chi connectivity index (χ0n) is 18.9. The fourth-order valence-electron chi connectivity index (χ4n) is 3.89. The molecule has 8 nitrogen and oxygen atoms in total. The van der Waals surface area contributed by atoms with Crippen LogP contribution >= 0.6 is 11.3 Å². The lowest BCUT2D eigenvalue weighted by Gasteiger charge is -2.34. The zero-order valence-corrected chi connectivity index (χ0v) is 19.7. The molecule has 9 heteroatoms. The number of piperazine rings is 1. The number of hydrogen-bond donors (Lipinski definition) is 0. The molecule has 0 spiro atoms. The van der Waals surface area contributed by atoms with Crippen molar-refractivity contribution >= 4 is 22.2 Å². The first-order valence-electron chi connectivity index (χ1n) is 11.2. The van der Waals surface area contributed by atoms with Gasteiger partial charge in [-0.15, -0.1) is 0 Å². The number of aryl methyl sites for hydroxylation is 1. The largest absolute Gasteiger partial charge is 0.484 e. The van der Waals surface area contributed by atoms with Crippen LogP contribution in [-0.2, 0) is 11.3 Å². The maximum absolute atomic E-state index is 12.7. The minimum absolute atomic E-state index is 0.0189. The molecule has 1 saturated heterocycles. The van der Waals surface area contributed by atoms with Crippen LogP contribution in [0, 0.1) is 6.92 Å². The van der Waals surface area contributed by atoms with Gasteiger partial charge in [0, 0.05) is 44.4 Å². The van der Waals surface area contributed by atoms with Crippen LogP contribution in [0.2, 0.25) is 0 Å². The van der Waals surface area contributed by atoms with Crippen molar-refractivity contribution in [2.75, 3.05) is 32.8 Å². The number of amides is 1. The number of aromatic nitrogens is 3. The van der Waals surface area contributed by atoms with Crippen LogP contribution in [0.1, 0.15) is 11.3 Å². The normalized spacial score (nSPS) is 14.4. The number of para-hydroxylation sites is 1. The van der Waals surface area contributed by atoms with Gasteiger partial charge in [0.15, 0.2) is 6.61 Å². The average molecular weight is 476 g/mol. The fourth-order valence-corrected chi connectivity index (χ4v) is 4.82. The summed E-state index contributed by atoms with van der Waals surface area (Å²) in [6.07, 6.45) is 0. The quantitative estimate of drug-likeness (QED) is 0.427. The van der Waals surface area contributed by atoms with E-state index in [0.717, 1.165) is 29.4 Å². The Labute approximate surface area is 201 Å². The molecule has 0 bridgehead atoms. The summed E-state index contributed by atoms with van der Waals surface area (Å²) < 4.78 is 6.95. The Morgan fingerprint density at radius 3 is 2.50 bits per heavy atom. The number of benzene rings is 2. The topological polar surface area (TPSA) is 80.0 Å². The maximum Gasteiger partial charge on any atom is 0.275 e. The third kappa shape index (κ3) is 5.00. The Hall–Kier alpha value is -3.56. The average Bonchev–Trinajstić information content (AvgIpc) is 3.29. The molecule has 3 heterocycles. The predicted octanol–water partition coefficient (Wildman–Crippen LogP) is 2.85. The van der Waals surface area contributed by atoms with Crippen LogP contribution < -0.4 is 10.3 Å². The minimum Gasteiger partial charge on any atom is -0.484 e. The molecule has 4 aromatic rings. The molecule has 0 N–H and O–H groups in total. The summed E-state index contributed by atoms with van der Waals surface area (Å²) in [6.45, 7) is 5.31. The van der Waals surface area contributed by atoms with E-state index in [2.05, 4.69) is 15.0 Å². The highest BCUT2D eigenvalue weighted by Gasteiger charge is 2.22. The molecular formula is C25H25N5O3S. The van der Waals surface area contributed by atoms with Crippen molar-refractivity contribution in [3.63, 3.8) is 0 Å². The Bertz CT molecular complexity index is 1340. The second-order valence-corrected chi connectivity index (χ2v) is 9.27. The van der Waals surface area contributed by atoms with E-state index in [9.17, 15) is 9.59 Å². The fraction of sp³-hybridized carbons (Fsp3) is 0.280. The molecule has 2 aromatic carbocycles. The van der Waals surface area contributed by atoms with Gasteiger partial charge in [0.1, 0.15) is 10.8 Å². The first-order valence-corrected chi connectivity index (χ1v) is 12.0. The van der Waals surface area contributed by atoms with Gasteiger partial charge in [-0.25, -0.2) is 4.98 Å². The smallest absolute Gasteiger partial charge is 0.275 e. The van der Waals surface area contributed by atoms with Gasteiger partial charge in [-0.05, 0) is 19.1 Å². The molecule has 0 atom stereocenters. The highest BCUT2D eigenvalue weighted by Crippen LogP contribution is 2.24. The molecule has 5 rings (SSSR count). The second-order valence-electron chi connectivity index (χ2n) is 8.31. The van der Waals surface area contributed by atoms with Crippen molar-refractivity contribution in [3.05, 3.63) is 82.3 Å². The summed E-state index contributed by atoms with van der Waals surface area (Å²) in [4.78, 5) is 34.4. The number of rotatable bonds is 6. The third-order valence-electron chi connectivity index (χ3n) is 5.81. The summed E-state index contributed by atoms with van der Waals surface area (Å²) in [5.41, 5.74) is 2.69. The van der Waals surface area contributed by atoms with Gasteiger partial charge in [0.25, 0.3) is 11.5 Å². The predicted molar refractivity (Wildman–Crippen MR) is 131 cm³/mol. The molecule has 0 saturated carbocycles. The Morgan fingerprint density at radius 1 is 1.03 bits per heavy atom. The van der Waals surface area contributed by atoms with E-state index in [4.69, 9.17) is 4.74 Å². The van der Waals surface area contributed by atoms with Crippen molar-refractivity contribution in [1.82, 2.24) is 24.4 Å². The monoisotopic (exact) mass is 475 g/mol. The Kier molecular flexibility index (Phi) is 6.37. The molecule has 1 amide bonds. The number of hydrogen-bond acceptors (Lipinski definition) is 7. The van der Waals surface area contributed by atoms with Crippen LogP contribution in [0.4, 0.5) is 0 Å². The second kappa shape index (κ2) is 9.74. The first-order chi connectivity index (χ1) is 16.5. The minimum atomic E-state index is -0.179. The van der Waals surface area contributed by atoms with E-state index in [0.29, 0.717) is 30.3 Å². The van der Waals surface area contributed by atoms with Crippen LogP contribution in [0.15, 0.2) is 65.5 Å². The summed E-state index contributed by atoms with van der Waals surface area (Å²) in [5.74, 6) is 0.672. The van der Waals surface area contributed by atoms with E-state index < -0.39 is 0 Å². The SMILES string of the molecule is Cc1ccc(-c2nn3c(=O)cc(CN4CCN(C(=O)COc5ccccc5)CC4)nc3s2)cc1. The van der Waals surface area contributed by atoms with Crippen molar-refractivity contribution in [2.45, 2.75) is 13.5 Å². The van der Waals surface area contributed by atoms with Crippen LogP contribution in [0.25, 0.3) is 15.5 Å². The van der Waals surface area contributed by atoms with Gasteiger partial charge in [-0.2, -0.15) is 9.61 Å². The van der Waals surface area contributed by atoms with E-state index in [1.54, 1.807) is 6.07 Å². The summed E-state index contributed by atoms with van der Waals surface area (Å²) >= 11 is 1.41. The Morgan fingerprint density at radius 2 is 1.76 bits per heavy atom. The lowest BCUT2D eigenvalue weighted by atomic mass is 10.2. The van der Waals surface area contributed by atoms with Gasteiger partial charge in [0.05, 0.1) is 5.69 Å². The number of fused-ring (bicyclic) bond motifs is 1. The van der Waals surface area contributed by atoms with Crippen LogP contribution in [0.3, 0.4) is 0 Å². The molecule has 1 fully saturated rings. The summed E-state index contributed by atoms with van der Waals surface area (Å²) in [5, 5.41) is 5.23. The molecule has 0 radical (unpaired) electrons. The standard InChI is InChI=1S/C25H25N5O3S/c1-18-7-9-19(10-8-18)24-27-30-22(31)15-20(26-25(30)34-24)16-28-11-13-29(14-12-28)23(32)17-33-21-5-3-2-4-6-21/h2-10,15H,11-14,16-17H2,1H3. The van der Waals surface area contributed by atoms with Crippen LogP contribution in [-0.4, -0.2) is 63.1 Å². The van der Waals surface area contributed by atoms with E-state index in [-0.39, 0.29) is 18.1 Å². The molecule has 1 aliphatic heterocycles. The highest BCUT2D eigenvalue weighted by atomic mass is 32.1. The molecule has 34 heavy (non-hydrogen) atoms.